The van der Waals surface area contributed by atoms with Crippen LogP contribution in [0, 0.1) is 5.92 Å². The van der Waals surface area contributed by atoms with Crippen LogP contribution in [0.5, 0.6) is 0 Å². The highest BCUT2D eigenvalue weighted by Gasteiger charge is 1.95. The maximum atomic E-state index is 5.38. The summed E-state index contributed by atoms with van der Waals surface area (Å²) >= 11 is 5.38. The van der Waals surface area contributed by atoms with E-state index in [0.29, 0.717) is 0 Å². The van der Waals surface area contributed by atoms with Gasteiger partial charge in [-0.3, -0.25) is 0 Å². The minimum Gasteiger partial charge on any atom is -0.127 e. The van der Waals surface area contributed by atoms with E-state index in [1.54, 1.807) is 0 Å². The molecule has 0 aromatic carbocycles. The minimum absolute atomic E-state index is 0.827. The quantitative estimate of drug-likeness (QED) is 0.207. The van der Waals surface area contributed by atoms with E-state index in [-0.39, 0.29) is 0 Å². The third-order valence-electron chi connectivity index (χ3n) is 4.12. The summed E-state index contributed by atoms with van der Waals surface area (Å²) in [5.41, 5.74) is 0. The summed E-state index contributed by atoms with van der Waals surface area (Å²) in [4.78, 5) is 0. The fraction of sp³-hybridized carbons (Fsp3) is 1.00. The van der Waals surface area contributed by atoms with Gasteiger partial charge in [-0.25, -0.2) is 0 Å². The van der Waals surface area contributed by atoms with Gasteiger partial charge in [0.05, 0.1) is 0 Å². The molecule has 0 spiro atoms. The Morgan fingerprint density at radius 2 is 0.909 bits per heavy atom. The lowest BCUT2D eigenvalue weighted by Gasteiger charge is -2.04. The monoisotopic (exact) mass is 332 g/mol. The Balaban J connectivity index is 0. The molecular formula is C21H45Cl. The Bertz CT molecular complexity index is 161. The van der Waals surface area contributed by atoms with Crippen LogP contribution in [-0.4, -0.2) is 5.88 Å². The summed E-state index contributed by atoms with van der Waals surface area (Å²) in [5.74, 6) is 1.73. The van der Waals surface area contributed by atoms with Crippen LogP contribution in [0.4, 0.5) is 0 Å². The van der Waals surface area contributed by atoms with Gasteiger partial charge in [0.1, 0.15) is 0 Å². The first-order valence-electron chi connectivity index (χ1n) is 10.2. The van der Waals surface area contributed by atoms with Gasteiger partial charge in [0.2, 0.25) is 0 Å². The zero-order chi connectivity index (χ0) is 16.9. The Kier molecular flexibility index (Phi) is 26.3. The lowest BCUT2D eigenvalue weighted by molar-refractivity contribution is 0.504. The van der Waals surface area contributed by atoms with Gasteiger partial charge >= 0.3 is 0 Å². The van der Waals surface area contributed by atoms with Gasteiger partial charge in [0, 0.05) is 5.88 Å². The molecule has 0 atom stereocenters. The van der Waals surface area contributed by atoms with Crippen molar-refractivity contribution in [3.8, 4) is 0 Å². The topological polar surface area (TPSA) is 0 Å². The first-order valence-corrected chi connectivity index (χ1v) is 10.8. The van der Waals surface area contributed by atoms with Crippen molar-refractivity contribution in [3.63, 3.8) is 0 Å². The molecule has 0 rings (SSSR count). The van der Waals surface area contributed by atoms with Gasteiger partial charge < -0.3 is 0 Å². The first kappa shape index (κ1) is 24.5. The Labute approximate surface area is 147 Å². The molecule has 1 heteroatoms. The summed E-state index contributed by atoms with van der Waals surface area (Å²) in [6.07, 6.45) is 21.2. The highest BCUT2D eigenvalue weighted by Crippen LogP contribution is 2.13. The van der Waals surface area contributed by atoms with Crippen LogP contribution in [-0.2, 0) is 0 Å². The van der Waals surface area contributed by atoms with Crippen molar-refractivity contribution in [2.45, 2.75) is 124 Å². The van der Waals surface area contributed by atoms with Gasteiger partial charge in [0.25, 0.3) is 0 Å². The second-order valence-corrected chi connectivity index (χ2v) is 7.49. The number of halogens is 1. The second kappa shape index (κ2) is 23.6. The SMILES string of the molecule is CCCCCCCCCCCCCC(C)C.CCCCCCl. The summed E-state index contributed by atoms with van der Waals surface area (Å²) < 4.78 is 0. The van der Waals surface area contributed by atoms with E-state index in [1.165, 1.54) is 96.3 Å². The second-order valence-electron chi connectivity index (χ2n) is 7.11. The molecule has 0 N–H and O–H groups in total. The predicted octanol–water partition coefficient (Wildman–Crippen LogP) is 8.76. The van der Waals surface area contributed by atoms with E-state index in [1.807, 2.05) is 0 Å². The van der Waals surface area contributed by atoms with E-state index in [9.17, 15) is 0 Å². The van der Waals surface area contributed by atoms with E-state index in [2.05, 4.69) is 27.7 Å². The standard InChI is InChI=1S/C16H34.C5H11Cl/c1-4-5-6-7-8-9-10-11-12-13-14-15-16(2)3;1-2-3-4-5-6/h16H,4-15H2,1-3H3;2-5H2,1H3. The molecule has 0 bridgehead atoms. The molecule has 22 heavy (non-hydrogen) atoms. The van der Waals surface area contributed by atoms with E-state index >= 15 is 0 Å². The summed E-state index contributed by atoms with van der Waals surface area (Å²) in [6.45, 7) is 9.12. The van der Waals surface area contributed by atoms with Crippen LogP contribution in [0.3, 0.4) is 0 Å². The number of unbranched alkanes of at least 4 members (excludes halogenated alkanes) is 12. The fourth-order valence-electron chi connectivity index (χ4n) is 2.56. The molecule has 0 heterocycles. The average Bonchev–Trinajstić information content (AvgIpc) is 2.51. The van der Waals surface area contributed by atoms with Gasteiger partial charge in [-0.05, 0) is 12.3 Å². The third-order valence-corrected chi connectivity index (χ3v) is 4.39. The maximum absolute atomic E-state index is 5.38. The van der Waals surface area contributed by atoms with Crippen LogP contribution in [0.25, 0.3) is 0 Å². The van der Waals surface area contributed by atoms with Crippen LogP contribution < -0.4 is 0 Å². The Morgan fingerprint density at radius 1 is 0.545 bits per heavy atom. The van der Waals surface area contributed by atoms with Gasteiger partial charge in [-0.1, -0.05) is 118 Å². The van der Waals surface area contributed by atoms with Crippen molar-refractivity contribution < 1.29 is 0 Å². The Morgan fingerprint density at radius 3 is 1.23 bits per heavy atom. The minimum atomic E-state index is 0.827. The van der Waals surface area contributed by atoms with Gasteiger partial charge in [-0.2, -0.15) is 0 Å². The molecule has 136 valence electrons. The van der Waals surface area contributed by atoms with Crippen LogP contribution in [0.2, 0.25) is 0 Å². The van der Waals surface area contributed by atoms with Crippen LogP contribution in [0.1, 0.15) is 124 Å². The van der Waals surface area contributed by atoms with Gasteiger partial charge in [-0.15, -0.1) is 11.6 Å². The Hall–Kier alpha value is 0.290. The van der Waals surface area contributed by atoms with Crippen LogP contribution in [0.15, 0.2) is 0 Å². The molecule has 0 aromatic rings. The zero-order valence-electron chi connectivity index (χ0n) is 16.3. The fourth-order valence-corrected chi connectivity index (χ4v) is 2.75. The van der Waals surface area contributed by atoms with Crippen molar-refractivity contribution in [2.24, 2.45) is 5.92 Å². The molecule has 0 saturated carbocycles. The highest BCUT2D eigenvalue weighted by molar-refractivity contribution is 6.17. The van der Waals surface area contributed by atoms with Crippen LogP contribution >= 0.6 is 11.6 Å². The zero-order valence-corrected chi connectivity index (χ0v) is 17.0. The molecule has 0 unspecified atom stereocenters. The summed E-state index contributed by atoms with van der Waals surface area (Å²) in [5, 5.41) is 0. The first-order chi connectivity index (χ1) is 10.7. The molecule has 0 fully saturated rings. The van der Waals surface area contributed by atoms with E-state index in [0.717, 1.165) is 11.8 Å². The van der Waals surface area contributed by atoms with Gasteiger partial charge in [0.15, 0.2) is 0 Å². The van der Waals surface area contributed by atoms with Crippen molar-refractivity contribution in [1.82, 2.24) is 0 Å². The molecule has 0 radical (unpaired) electrons. The average molecular weight is 333 g/mol. The largest absolute Gasteiger partial charge is 0.127 e. The highest BCUT2D eigenvalue weighted by atomic mass is 35.5. The van der Waals surface area contributed by atoms with E-state index in [4.69, 9.17) is 11.6 Å². The molecule has 0 aliphatic carbocycles. The lowest BCUT2D eigenvalue weighted by Crippen LogP contribution is -1.87. The predicted molar refractivity (Wildman–Crippen MR) is 106 cm³/mol. The maximum Gasteiger partial charge on any atom is 0.0223 e. The number of rotatable bonds is 15. The van der Waals surface area contributed by atoms with Crippen molar-refractivity contribution in [1.29, 1.82) is 0 Å². The molecule has 0 aliphatic heterocycles. The molecule has 0 aromatic heterocycles. The van der Waals surface area contributed by atoms with Crippen molar-refractivity contribution in [3.05, 3.63) is 0 Å². The molecular weight excluding hydrogens is 288 g/mol. The normalized spacial score (nSPS) is 10.6. The molecule has 0 saturated heterocycles. The number of alkyl halides is 1. The number of hydrogen-bond donors (Lipinski definition) is 0. The van der Waals surface area contributed by atoms with Crippen molar-refractivity contribution >= 4 is 11.6 Å². The van der Waals surface area contributed by atoms with E-state index < -0.39 is 0 Å². The summed E-state index contributed by atoms with van der Waals surface area (Å²) in [6, 6.07) is 0. The molecule has 0 nitrogen and oxygen atoms in total. The third kappa shape index (κ3) is 28.5. The molecule has 0 aliphatic rings. The van der Waals surface area contributed by atoms with Crippen molar-refractivity contribution in [2.75, 3.05) is 5.88 Å². The smallest absolute Gasteiger partial charge is 0.0223 e. The summed E-state index contributed by atoms with van der Waals surface area (Å²) in [7, 11) is 0. The molecule has 0 amide bonds. The number of hydrogen-bond acceptors (Lipinski definition) is 0. The lowest BCUT2D eigenvalue weighted by atomic mass is 10.0.